The highest BCUT2D eigenvalue weighted by molar-refractivity contribution is 5.72. The first-order valence-electron chi connectivity index (χ1n) is 15.2. The third kappa shape index (κ3) is 8.41. The Bertz CT molecular complexity index is 1460. The maximum absolute atomic E-state index is 13.8. The Labute approximate surface area is 271 Å². The van der Waals surface area contributed by atoms with Gasteiger partial charge in [-0.3, -0.25) is 4.90 Å². The van der Waals surface area contributed by atoms with Crippen molar-refractivity contribution in [2.45, 2.75) is 96.3 Å². The van der Waals surface area contributed by atoms with Gasteiger partial charge in [-0.2, -0.15) is 39.5 Å². The number of carbonyl (C=O) groups excluding carboxylic acids is 2. The zero-order chi connectivity index (χ0) is 36.0. The summed E-state index contributed by atoms with van der Waals surface area (Å²) in [6.45, 7) is 8.83. The molecule has 0 aromatic heterocycles. The van der Waals surface area contributed by atoms with E-state index in [-0.39, 0.29) is 17.7 Å². The van der Waals surface area contributed by atoms with Crippen LogP contribution in [-0.2, 0) is 34.5 Å². The van der Waals surface area contributed by atoms with E-state index in [1.807, 2.05) is 4.90 Å². The van der Waals surface area contributed by atoms with E-state index in [4.69, 9.17) is 9.47 Å². The molecule has 2 fully saturated rings. The van der Waals surface area contributed by atoms with Crippen LogP contribution in [0.25, 0.3) is 0 Å². The summed E-state index contributed by atoms with van der Waals surface area (Å²) in [6, 6.07) is 2.54. The van der Waals surface area contributed by atoms with Crippen LogP contribution in [0, 0.1) is 0 Å². The van der Waals surface area contributed by atoms with Crippen molar-refractivity contribution in [3.05, 3.63) is 64.2 Å². The number of rotatable bonds is 6. The molecule has 7 nitrogen and oxygen atoms in total. The molecule has 2 aromatic carbocycles. The number of nitrogens with zero attached hydrogens (tertiary/aromatic N) is 3. The summed E-state index contributed by atoms with van der Waals surface area (Å²) < 4.78 is 133. The number of cyclic esters (lactones) is 1. The minimum atomic E-state index is -5.14. The second kappa shape index (κ2) is 13.2. The normalized spacial score (nSPS) is 19.8. The molecule has 2 saturated heterocycles. The number of alkyl halides is 9. The van der Waals surface area contributed by atoms with Gasteiger partial charge >= 0.3 is 30.7 Å². The topological polar surface area (TPSA) is 62.3 Å². The maximum Gasteiger partial charge on any atom is 0.416 e. The van der Waals surface area contributed by atoms with Crippen LogP contribution in [0.3, 0.4) is 0 Å². The third-order valence-electron chi connectivity index (χ3n) is 8.29. The molecule has 2 aromatic rings. The van der Waals surface area contributed by atoms with E-state index in [9.17, 15) is 49.1 Å². The van der Waals surface area contributed by atoms with Gasteiger partial charge in [0, 0.05) is 31.4 Å². The monoisotopic (exact) mass is 697 g/mol. The van der Waals surface area contributed by atoms with E-state index in [1.165, 1.54) is 13.0 Å². The van der Waals surface area contributed by atoms with Crippen LogP contribution < -0.4 is 4.90 Å². The Hall–Kier alpha value is -3.85. The zero-order valence-corrected chi connectivity index (χ0v) is 26.8. The molecule has 2 aliphatic rings. The van der Waals surface area contributed by atoms with Gasteiger partial charge in [-0.15, -0.1) is 0 Å². The molecule has 0 spiro atoms. The van der Waals surface area contributed by atoms with Crippen LogP contribution in [0.2, 0.25) is 0 Å². The summed E-state index contributed by atoms with van der Waals surface area (Å²) in [7, 11) is 0. The number of anilines is 1. The first-order valence-corrected chi connectivity index (χ1v) is 15.2. The standard InChI is InChI=1S/C32H36F9N3O4/c1-6-43(24-9-11-42(12-10-24)27(45)48-29(3,4)5)25-8-7-21(30(33,34)35)15-20(25)17-44-18(2)26(47-28(44)46)19-13-22(31(36,37)38)16-23(14-19)32(39,40)41/h7-8,13-16,18,24,26H,6,9-12,17H2,1-5H3. The molecule has 2 atom stereocenters. The fourth-order valence-corrected chi connectivity index (χ4v) is 5.97. The van der Waals surface area contributed by atoms with Crippen LogP contribution in [0.4, 0.5) is 54.8 Å². The van der Waals surface area contributed by atoms with Gasteiger partial charge in [-0.25, -0.2) is 9.59 Å². The predicted octanol–water partition coefficient (Wildman–Crippen LogP) is 9.05. The molecule has 2 unspecified atom stereocenters. The molecule has 0 saturated carbocycles. The van der Waals surface area contributed by atoms with Crippen LogP contribution in [0.15, 0.2) is 36.4 Å². The second-order valence-corrected chi connectivity index (χ2v) is 12.8. The van der Waals surface area contributed by atoms with Gasteiger partial charge in [-0.1, -0.05) is 0 Å². The predicted molar refractivity (Wildman–Crippen MR) is 156 cm³/mol. The lowest BCUT2D eigenvalue weighted by molar-refractivity contribution is -0.143. The van der Waals surface area contributed by atoms with Gasteiger partial charge in [0.15, 0.2) is 0 Å². The molecule has 16 heteroatoms. The first kappa shape index (κ1) is 37.0. The summed E-state index contributed by atoms with van der Waals surface area (Å²) in [5.41, 5.74) is -5.06. The smallest absolute Gasteiger partial charge is 0.416 e. The lowest BCUT2D eigenvalue weighted by Gasteiger charge is -2.40. The number of ether oxygens (including phenoxy) is 2. The highest BCUT2D eigenvalue weighted by Crippen LogP contribution is 2.42. The van der Waals surface area contributed by atoms with Gasteiger partial charge in [0.1, 0.15) is 11.7 Å². The Balaban J connectivity index is 1.64. The highest BCUT2D eigenvalue weighted by Gasteiger charge is 2.44. The van der Waals surface area contributed by atoms with Crippen molar-refractivity contribution in [3.8, 4) is 0 Å². The molecular weight excluding hydrogens is 661 g/mol. The summed E-state index contributed by atoms with van der Waals surface area (Å²) >= 11 is 0. The molecule has 0 aliphatic carbocycles. The number of hydrogen-bond donors (Lipinski definition) is 0. The van der Waals surface area contributed by atoms with Crippen molar-refractivity contribution >= 4 is 17.9 Å². The van der Waals surface area contributed by atoms with Gasteiger partial charge in [-0.05, 0) is 95.0 Å². The SMILES string of the molecule is CCN(c1ccc(C(F)(F)F)cc1CN1C(=O)OC(c2cc(C(F)(F)F)cc(C(F)(F)F)c2)C1C)C1CCN(C(=O)OC(C)(C)C)CC1. The molecule has 0 radical (unpaired) electrons. The second-order valence-electron chi connectivity index (χ2n) is 12.8. The van der Waals surface area contributed by atoms with Crippen molar-refractivity contribution in [2.24, 2.45) is 0 Å². The third-order valence-corrected chi connectivity index (χ3v) is 8.29. The van der Waals surface area contributed by atoms with Crippen LogP contribution in [-0.4, -0.2) is 59.3 Å². The van der Waals surface area contributed by atoms with Crippen molar-refractivity contribution in [2.75, 3.05) is 24.5 Å². The van der Waals surface area contributed by atoms with Crippen molar-refractivity contribution < 1.29 is 58.6 Å². The van der Waals surface area contributed by atoms with Crippen LogP contribution >= 0.6 is 0 Å². The number of amides is 2. The fraction of sp³-hybridized carbons (Fsp3) is 0.562. The molecule has 2 aliphatic heterocycles. The van der Waals surface area contributed by atoms with Crippen molar-refractivity contribution in [1.82, 2.24) is 9.80 Å². The average molecular weight is 698 g/mol. The maximum atomic E-state index is 13.8. The van der Waals surface area contributed by atoms with Gasteiger partial charge in [0.25, 0.3) is 0 Å². The molecule has 2 amide bonds. The lowest BCUT2D eigenvalue weighted by atomic mass is 9.97. The van der Waals surface area contributed by atoms with E-state index in [0.29, 0.717) is 50.3 Å². The number of carbonyl (C=O) groups is 2. The summed E-state index contributed by atoms with van der Waals surface area (Å²) in [4.78, 5) is 30.0. The number of halogens is 9. The summed E-state index contributed by atoms with van der Waals surface area (Å²) in [5.74, 6) is 0. The first-order chi connectivity index (χ1) is 22.0. The molecule has 2 heterocycles. The zero-order valence-electron chi connectivity index (χ0n) is 26.8. The summed E-state index contributed by atoms with van der Waals surface area (Å²) in [5, 5.41) is 0. The number of likely N-dealkylation sites (tertiary alicyclic amines) is 1. The van der Waals surface area contributed by atoms with Crippen molar-refractivity contribution in [3.63, 3.8) is 0 Å². The van der Waals surface area contributed by atoms with E-state index < -0.39 is 77.3 Å². The van der Waals surface area contributed by atoms with Gasteiger partial charge in [0.2, 0.25) is 0 Å². The quantitative estimate of drug-likeness (QED) is 0.282. The number of benzene rings is 2. The van der Waals surface area contributed by atoms with Crippen LogP contribution in [0.1, 0.15) is 81.4 Å². The average Bonchev–Trinajstić information content (AvgIpc) is 3.24. The minimum absolute atomic E-state index is 0.0467. The number of hydrogen-bond acceptors (Lipinski definition) is 5. The Morgan fingerprint density at radius 3 is 1.90 bits per heavy atom. The molecule has 266 valence electrons. The number of piperidine rings is 1. The molecular formula is C32H36F9N3O4. The molecule has 4 rings (SSSR count). The van der Waals surface area contributed by atoms with Gasteiger partial charge < -0.3 is 19.3 Å². The minimum Gasteiger partial charge on any atom is -0.444 e. The van der Waals surface area contributed by atoms with E-state index in [2.05, 4.69) is 0 Å². The van der Waals surface area contributed by atoms with E-state index >= 15 is 0 Å². The Morgan fingerprint density at radius 1 is 0.875 bits per heavy atom. The molecule has 0 N–H and O–H groups in total. The summed E-state index contributed by atoms with van der Waals surface area (Å²) in [6.07, 6.45) is -17.3. The van der Waals surface area contributed by atoms with Crippen LogP contribution in [0.5, 0.6) is 0 Å². The van der Waals surface area contributed by atoms with Crippen molar-refractivity contribution in [1.29, 1.82) is 0 Å². The van der Waals surface area contributed by atoms with E-state index in [1.54, 1.807) is 32.6 Å². The lowest BCUT2D eigenvalue weighted by Crippen LogP contribution is -2.48. The Morgan fingerprint density at radius 2 is 1.42 bits per heavy atom. The molecule has 0 bridgehead atoms. The van der Waals surface area contributed by atoms with E-state index in [0.717, 1.165) is 17.0 Å². The highest BCUT2D eigenvalue weighted by atomic mass is 19.4. The Kier molecular flexibility index (Phi) is 10.2. The molecule has 48 heavy (non-hydrogen) atoms. The van der Waals surface area contributed by atoms with Gasteiger partial charge in [0.05, 0.1) is 29.3 Å². The largest absolute Gasteiger partial charge is 0.444 e. The fourth-order valence-electron chi connectivity index (χ4n) is 5.97.